The van der Waals surface area contributed by atoms with Crippen molar-refractivity contribution in [3.8, 4) is 0 Å². The molecule has 5 fully saturated rings. The van der Waals surface area contributed by atoms with Gasteiger partial charge in [0, 0.05) is 24.0 Å². The maximum Gasteiger partial charge on any atom is 0.163 e. The third kappa shape index (κ3) is 2.15. The minimum absolute atomic E-state index is 0.346. The van der Waals surface area contributed by atoms with Gasteiger partial charge in [-0.15, -0.1) is 0 Å². The molecule has 2 heteroatoms. The first-order valence-corrected chi connectivity index (χ1v) is 11.9. The van der Waals surface area contributed by atoms with E-state index in [4.69, 9.17) is 0 Å². The summed E-state index contributed by atoms with van der Waals surface area (Å²) in [5.74, 6) is 8.37. The SMILES string of the molecule is O=C(CC1[C@@H]2C[C@H]3C4C2C2C4[C@@H](C[C@@H]21)C3CC(=O)c1ccccc1)c1ccccc1. The lowest BCUT2D eigenvalue weighted by Crippen LogP contribution is -2.41. The van der Waals surface area contributed by atoms with E-state index in [1.54, 1.807) is 0 Å². The number of carbonyl (C=O) groups excluding carboxylic acids is 2. The maximum absolute atomic E-state index is 13.0. The van der Waals surface area contributed by atoms with Gasteiger partial charge in [-0.25, -0.2) is 0 Å². The van der Waals surface area contributed by atoms with Gasteiger partial charge in [0.25, 0.3) is 0 Å². The van der Waals surface area contributed by atoms with Crippen molar-refractivity contribution in [3.05, 3.63) is 71.8 Å². The summed E-state index contributed by atoms with van der Waals surface area (Å²) in [6.07, 6.45) is 4.07. The van der Waals surface area contributed by atoms with E-state index < -0.39 is 0 Å². The van der Waals surface area contributed by atoms with E-state index >= 15 is 0 Å². The summed E-state index contributed by atoms with van der Waals surface area (Å²) in [6, 6.07) is 19.8. The fourth-order valence-corrected chi connectivity index (χ4v) is 9.41. The Kier molecular flexibility index (Phi) is 3.58. The van der Waals surface area contributed by atoms with E-state index in [-0.39, 0.29) is 0 Å². The van der Waals surface area contributed by atoms with Gasteiger partial charge in [0.15, 0.2) is 11.6 Å². The van der Waals surface area contributed by atoms with Gasteiger partial charge in [-0.1, -0.05) is 60.7 Å². The lowest BCUT2D eigenvalue weighted by Gasteiger charge is -2.44. The van der Waals surface area contributed by atoms with Gasteiger partial charge < -0.3 is 0 Å². The van der Waals surface area contributed by atoms with Crippen LogP contribution >= 0.6 is 0 Å². The average molecular weight is 397 g/mol. The highest BCUT2D eigenvalue weighted by Gasteiger charge is 2.78. The highest BCUT2D eigenvalue weighted by molar-refractivity contribution is 5.96. The number of Topliss-reactive ketones (excluding diaryl/α,β-unsaturated/α-hetero) is 2. The fraction of sp³-hybridized carbons (Fsp3) is 0.500. The summed E-state index contributed by atoms with van der Waals surface area (Å²) in [6.45, 7) is 0. The van der Waals surface area contributed by atoms with Gasteiger partial charge in [0.2, 0.25) is 0 Å². The van der Waals surface area contributed by atoms with Crippen LogP contribution in [0.5, 0.6) is 0 Å². The highest BCUT2D eigenvalue weighted by Crippen LogP contribution is 2.83. The van der Waals surface area contributed by atoms with Crippen LogP contribution in [0.3, 0.4) is 0 Å². The summed E-state index contributed by atoms with van der Waals surface area (Å²) in [5.41, 5.74) is 1.77. The zero-order chi connectivity index (χ0) is 20.0. The first-order chi connectivity index (χ1) is 14.7. The molecule has 152 valence electrons. The van der Waals surface area contributed by atoms with Gasteiger partial charge in [-0.3, -0.25) is 9.59 Å². The predicted octanol–water partition coefficient (Wildman–Crippen LogP) is 5.54. The molecule has 2 nitrogen and oxygen atoms in total. The van der Waals surface area contributed by atoms with E-state index in [0.29, 0.717) is 23.4 Å². The second-order valence-corrected chi connectivity index (χ2v) is 10.8. The van der Waals surface area contributed by atoms with E-state index in [1.165, 1.54) is 12.8 Å². The quantitative estimate of drug-likeness (QED) is 0.601. The van der Waals surface area contributed by atoms with Crippen molar-refractivity contribution in [1.29, 1.82) is 0 Å². The van der Waals surface area contributed by atoms with Crippen LogP contribution in [-0.4, -0.2) is 11.6 Å². The van der Waals surface area contributed by atoms with E-state index in [0.717, 1.165) is 71.3 Å². The van der Waals surface area contributed by atoms with Crippen molar-refractivity contribution in [2.24, 2.45) is 59.2 Å². The van der Waals surface area contributed by atoms with Crippen molar-refractivity contribution in [1.82, 2.24) is 0 Å². The van der Waals surface area contributed by atoms with Crippen molar-refractivity contribution < 1.29 is 9.59 Å². The van der Waals surface area contributed by atoms with Crippen LogP contribution in [0.4, 0.5) is 0 Å². The minimum atomic E-state index is 0.346. The van der Waals surface area contributed by atoms with Gasteiger partial charge in [-0.2, -0.15) is 0 Å². The molecule has 0 saturated heterocycles. The molecule has 5 aliphatic rings. The van der Waals surface area contributed by atoms with Gasteiger partial charge >= 0.3 is 0 Å². The molecule has 5 aliphatic carbocycles. The fourth-order valence-electron chi connectivity index (χ4n) is 9.41. The molecule has 0 N–H and O–H groups in total. The van der Waals surface area contributed by atoms with Gasteiger partial charge in [0.1, 0.15) is 0 Å². The Balaban J connectivity index is 1.13. The second kappa shape index (κ2) is 6.15. The topological polar surface area (TPSA) is 34.1 Å². The van der Waals surface area contributed by atoms with Crippen LogP contribution in [-0.2, 0) is 0 Å². The van der Waals surface area contributed by atoms with E-state index in [1.807, 2.05) is 60.7 Å². The predicted molar refractivity (Wildman–Crippen MR) is 115 cm³/mol. The number of ketones is 2. The third-order valence-electron chi connectivity index (χ3n) is 10.1. The lowest BCUT2D eigenvalue weighted by molar-refractivity contribution is 0.0202. The molecule has 30 heavy (non-hydrogen) atoms. The molecular weight excluding hydrogens is 368 g/mol. The zero-order valence-electron chi connectivity index (χ0n) is 17.2. The maximum atomic E-state index is 13.0. The number of rotatable bonds is 6. The van der Waals surface area contributed by atoms with Crippen molar-refractivity contribution in [3.63, 3.8) is 0 Å². The Bertz CT molecular complexity index is 892. The molecule has 0 spiro atoms. The van der Waals surface area contributed by atoms with E-state index in [9.17, 15) is 9.59 Å². The molecule has 0 amide bonds. The molecule has 2 aromatic rings. The normalized spacial score (nSPS) is 43.6. The average Bonchev–Trinajstić information content (AvgIpc) is 3.41. The zero-order valence-corrected chi connectivity index (χ0v) is 17.2. The largest absolute Gasteiger partial charge is 0.294 e. The monoisotopic (exact) mass is 396 g/mol. The van der Waals surface area contributed by atoms with Gasteiger partial charge in [-0.05, 0) is 72.0 Å². The standard InChI is InChI=1S/C28H28O2/c29-23(15-7-3-1-4-8-15)13-17-19-11-21-18(14-24(30)16-9-5-2-6-10-16)22-12-20(17)26-25(19)27(21)28(22)26/h1-10,17-22,25-28H,11-14H2/t17?,18?,19-,20+,21+,22-,25?,26?,27?,28?. The van der Waals surface area contributed by atoms with Crippen molar-refractivity contribution in [2.75, 3.05) is 0 Å². The minimum Gasteiger partial charge on any atom is -0.294 e. The molecule has 0 radical (unpaired) electrons. The van der Waals surface area contributed by atoms with Crippen LogP contribution in [0.15, 0.2) is 60.7 Å². The summed E-state index contributed by atoms with van der Waals surface area (Å²) in [7, 11) is 0. The molecule has 0 heterocycles. The first-order valence-electron chi connectivity index (χ1n) is 11.9. The molecule has 0 aromatic heterocycles. The summed E-state index contributed by atoms with van der Waals surface area (Å²) in [4.78, 5) is 26.0. The Morgan fingerprint density at radius 3 is 1.23 bits per heavy atom. The number of hydrogen-bond acceptors (Lipinski definition) is 2. The van der Waals surface area contributed by atoms with Crippen LogP contribution in [0.25, 0.3) is 0 Å². The molecule has 0 aliphatic heterocycles. The second-order valence-electron chi connectivity index (χ2n) is 10.8. The molecule has 2 unspecified atom stereocenters. The number of carbonyl (C=O) groups is 2. The Labute approximate surface area is 178 Å². The third-order valence-corrected chi connectivity index (χ3v) is 10.1. The highest BCUT2D eigenvalue weighted by atomic mass is 16.1. The summed E-state index contributed by atoms with van der Waals surface area (Å²) in [5, 5.41) is 0. The van der Waals surface area contributed by atoms with Crippen LogP contribution in [0, 0.1) is 59.2 Å². The molecule has 6 atom stereocenters. The number of hydrogen-bond donors (Lipinski definition) is 0. The molecule has 7 rings (SSSR count). The Morgan fingerprint density at radius 1 is 0.567 bits per heavy atom. The molecule has 5 saturated carbocycles. The summed E-state index contributed by atoms with van der Waals surface area (Å²) >= 11 is 0. The van der Waals surface area contributed by atoms with Crippen molar-refractivity contribution >= 4 is 11.6 Å². The van der Waals surface area contributed by atoms with Crippen molar-refractivity contribution in [2.45, 2.75) is 25.7 Å². The van der Waals surface area contributed by atoms with Crippen LogP contribution in [0.2, 0.25) is 0 Å². The van der Waals surface area contributed by atoms with E-state index in [2.05, 4.69) is 0 Å². The van der Waals surface area contributed by atoms with Gasteiger partial charge in [0.05, 0.1) is 0 Å². The Hall–Kier alpha value is -2.22. The van der Waals surface area contributed by atoms with Crippen LogP contribution in [0.1, 0.15) is 46.4 Å². The van der Waals surface area contributed by atoms with Crippen LogP contribution < -0.4 is 0 Å². The number of benzene rings is 2. The lowest BCUT2D eigenvalue weighted by atomic mass is 9.60. The molecule has 2 aromatic carbocycles. The smallest absolute Gasteiger partial charge is 0.163 e. The summed E-state index contributed by atoms with van der Waals surface area (Å²) < 4.78 is 0. The molecule has 0 bridgehead atoms. The molecular formula is C28H28O2. The first kappa shape index (κ1) is 17.5. The Morgan fingerprint density at radius 2 is 0.900 bits per heavy atom.